The molecule has 0 amide bonds. The number of nitrogens with zero attached hydrogens (tertiary/aromatic N) is 2. The van der Waals surface area contributed by atoms with E-state index in [2.05, 4.69) is 65.1 Å². The lowest BCUT2D eigenvalue weighted by molar-refractivity contribution is 0.315. The molecule has 108 valence electrons. The molecule has 0 aliphatic rings. The summed E-state index contributed by atoms with van der Waals surface area (Å²) in [6.07, 6.45) is 1.98. The molecule has 0 aromatic carbocycles. The molecule has 0 atom stereocenters. The Morgan fingerprint density at radius 2 is 2.05 bits per heavy atom. The van der Waals surface area contributed by atoms with Crippen molar-refractivity contribution in [1.82, 2.24) is 15.2 Å². The van der Waals surface area contributed by atoms with Crippen LogP contribution < -0.4 is 5.32 Å². The summed E-state index contributed by atoms with van der Waals surface area (Å²) in [6, 6.07) is 6.97. The lowest BCUT2D eigenvalue weighted by Crippen LogP contribution is -2.22. The maximum atomic E-state index is 4.55. The van der Waals surface area contributed by atoms with Gasteiger partial charge in [0.2, 0.25) is 0 Å². The SMILES string of the molecule is CC(C)NCc1ccc(CN(C)Cc2ccsc2)nc1. The fourth-order valence-corrected chi connectivity index (χ4v) is 2.66. The molecule has 20 heavy (non-hydrogen) atoms. The Hall–Kier alpha value is -1.23. The highest BCUT2D eigenvalue weighted by Crippen LogP contribution is 2.10. The Kier molecular flexibility index (Phi) is 5.71. The summed E-state index contributed by atoms with van der Waals surface area (Å²) < 4.78 is 0. The monoisotopic (exact) mass is 289 g/mol. The number of hydrogen-bond acceptors (Lipinski definition) is 4. The smallest absolute Gasteiger partial charge is 0.0544 e. The molecule has 0 spiro atoms. The standard InChI is InChI=1S/C16H23N3S/c1-13(2)17-8-14-4-5-16(18-9-14)11-19(3)10-15-6-7-20-12-15/h4-7,9,12-13,17H,8,10-11H2,1-3H3. The van der Waals surface area contributed by atoms with Crippen LogP contribution in [0.2, 0.25) is 0 Å². The molecule has 2 aromatic heterocycles. The van der Waals surface area contributed by atoms with Gasteiger partial charge in [0.05, 0.1) is 5.69 Å². The number of nitrogens with one attached hydrogen (secondary N) is 1. The summed E-state index contributed by atoms with van der Waals surface area (Å²) in [4.78, 5) is 6.83. The Labute approximate surface area is 125 Å². The maximum Gasteiger partial charge on any atom is 0.0544 e. The highest BCUT2D eigenvalue weighted by Gasteiger charge is 2.04. The van der Waals surface area contributed by atoms with Crippen molar-refractivity contribution in [1.29, 1.82) is 0 Å². The van der Waals surface area contributed by atoms with Gasteiger partial charge < -0.3 is 5.32 Å². The fourth-order valence-electron chi connectivity index (χ4n) is 2.00. The van der Waals surface area contributed by atoms with Crippen LogP contribution in [0.1, 0.15) is 30.7 Å². The van der Waals surface area contributed by atoms with E-state index in [4.69, 9.17) is 0 Å². The van der Waals surface area contributed by atoms with Gasteiger partial charge in [-0.05, 0) is 41.1 Å². The average molecular weight is 289 g/mol. The normalized spacial score (nSPS) is 11.4. The van der Waals surface area contributed by atoms with Crippen LogP contribution in [0.25, 0.3) is 0 Å². The number of thiophene rings is 1. The average Bonchev–Trinajstić information content (AvgIpc) is 2.90. The first kappa shape index (κ1) is 15.2. The van der Waals surface area contributed by atoms with Gasteiger partial charge in [-0.1, -0.05) is 19.9 Å². The number of rotatable bonds is 7. The molecule has 0 aliphatic carbocycles. The number of hydrogen-bond donors (Lipinski definition) is 1. The first-order valence-corrected chi connectivity index (χ1v) is 7.94. The van der Waals surface area contributed by atoms with Crippen LogP contribution in [0.3, 0.4) is 0 Å². The Morgan fingerprint density at radius 3 is 2.65 bits per heavy atom. The van der Waals surface area contributed by atoms with Crippen molar-refractivity contribution in [3.8, 4) is 0 Å². The summed E-state index contributed by atoms with van der Waals surface area (Å²) >= 11 is 1.75. The van der Waals surface area contributed by atoms with E-state index in [9.17, 15) is 0 Å². The lowest BCUT2D eigenvalue weighted by atomic mass is 10.2. The molecule has 0 saturated heterocycles. The molecule has 0 fully saturated rings. The topological polar surface area (TPSA) is 28.2 Å². The van der Waals surface area contributed by atoms with E-state index in [-0.39, 0.29) is 0 Å². The second-order valence-electron chi connectivity index (χ2n) is 5.50. The molecule has 2 rings (SSSR count). The molecule has 0 unspecified atom stereocenters. The molecular weight excluding hydrogens is 266 g/mol. The molecule has 1 N–H and O–H groups in total. The highest BCUT2D eigenvalue weighted by molar-refractivity contribution is 7.07. The molecule has 3 nitrogen and oxygen atoms in total. The molecular formula is C16H23N3S. The van der Waals surface area contributed by atoms with E-state index >= 15 is 0 Å². The van der Waals surface area contributed by atoms with E-state index in [1.807, 2.05) is 6.20 Å². The first-order chi connectivity index (χ1) is 9.63. The summed E-state index contributed by atoms with van der Waals surface area (Å²) in [5.74, 6) is 0. The first-order valence-electron chi connectivity index (χ1n) is 7.00. The van der Waals surface area contributed by atoms with E-state index in [0.29, 0.717) is 6.04 Å². The van der Waals surface area contributed by atoms with Gasteiger partial charge in [0, 0.05) is 31.9 Å². The molecule has 0 saturated carbocycles. The third kappa shape index (κ3) is 5.04. The van der Waals surface area contributed by atoms with Crippen LogP contribution in [0.4, 0.5) is 0 Å². The van der Waals surface area contributed by atoms with E-state index in [1.54, 1.807) is 11.3 Å². The van der Waals surface area contributed by atoms with Crippen LogP contribution in [0.5, 0.6) is 0 Å². The lowest BCUT2D eigenvalue weighted by Gasteiger charge is -2.15. The van der Waals surface area contributed by atoms with E-state index in [1.165, 1.54) is 11.1 Å². The van der Waals surface area contributed by atoms with Crippen molar-refractivity contribution in [2.75, 3.05) is 7.05 Å². The van der Waals surface area contributed by atoms with Crippen LogP contribution in [0.15, 0.2) is 35.2 Å². The zero-order chi connectivity index (χ0) is 14.4. The molecule has 0 aliphatic heterocycles. The summed E-state index contributed by atoms with van der Waals surface area (Å²) in [5.41, 5.74) is 3.73. The molecule has 0 radical (unpaired) electrons. The van der Waals surface area contributed by atoms with Crippen molar-refractivity contribution in [2.45, 2.75) is 39.5 Å². The van der Waals surface area contributed by atoms with Crippen LogP contribution in [0, 0.1) is 0 Å². The van der Waals surface area contributed by atoms with Crippen molar-refractivity contribution >= 4 is 11.3 Å². The van der Waals surface area contributed by atoms with Crippen LogP contribution >= 0.6 is 11.3 Å². The second-order valence-corrected chi connectivity index (χ2v) is 6.28. The zero-order valence-corrected chi connectivity index (χ0v) is 13.3. The van der Waals surface area contributed by atoms with Crippen LogP contribution in [-0.4, -0.2) is 23.0 Å². The number of pyridine rings is 1. The minimum absolute atomic E-state index is 0.506. The van der Waals surface area contributed by atoms with Gasteiger partial charge in [0.25, 0.3) is 0 Å². The quantitative estimate of drug-likeness (QED) is 0.848. The van der Waals surface area contributed by atoms with Crippen molar-refractivity contribution in [2.24, 2.45) is 0 Å². The van der Waals surface area contributed by atoms with Gasteiger partial charge in [-0.25, -0.2) is 0 Å². The summed E-state index contributed by atoms with van der Waals surface area (Å²) in [6.45, 7) is 7.05. The van der Waals surface area contributed by atoms with Crippen molar-refractivity contribution in [3.63, 3.8) is 0 Å². The molecule has 2 aromatic rings. The Morgan fingerprint density at radius 1 is 1.20 bits per heavy atom. The van der Waals surface area contributed by atoms with Gasteiger partial charge in [-0.2, -0.15) is 11.3 Å². The van der Waals surface area contributed by atoms with Gasteiger partial charge in [0.1, 0.15) is 0 Å². The zero-order valence-electron chi connectivity index (χ0n) is 12.5. The van der Waals surface area contributed by atoms with Crippen LogP contribution in [-0.2, 0) is 19.6 Å². The van der Waals surface area contributed by atoms with Gasteiger partial charge >= 0.3 is 0 Å². The maximum absolute atomic E-state index is 4.55. The minimum Gasteiger partial charge on any atom is -0.310 e. The summed E-state index contributed by atoms with van der Waals surface area (Å²) in [7, 11) is 2.13. The van der Waals surface area contributed by atoms with Gasteiger partial charge in [0.15, 0.2) is 0 Å². The third-order valence-electron chi connectivity index (χ3n) is 3.06. The van der Waals surface area contributed by atoms with Gasteiger partial charge in [-0.3, -0.25) is 9.88 Å². The molecule has 2 heterocycles. The highest BCUT2D eigenvalue weighted by atomic mass is 32.1. The Balaban J connectivity index is 1.83. The second kappa shape index (κ2) is 7.53. The van der Waals surface area contributed by atoms with E-state index in [0.717, 1.165) is 25.3 Å². The predicted molar refractivity (Wildman–Crippen MR) is 85.7 cm³/mol. The predicted octanol–water partition coefficient (Wildman–Crippen LogP) is 3.27. The Bertz CT molecular complexity index is 491. The largest absolute Gasteiger partial charge is 0.310 e. The fraction of sp³-hybridized carbons (Fsp3) is 0.438. The minimum atomic E-state index is 0.506. The van der Waals surface area contributed by atoms with E-state index < -0.39 is 0 Å². The number of aromatic nitrogens is 1. The van der Waals surface area contributed by atoms with Crippen molar-refractivity contribution in [3.05, 3.63) is 52.0 Å². The molecule has 0 bridgehead atoms. The molecule has 4 heteroatoms. The third-order valence-corrected chi connectivity index (χ3v) is 3.80. The van der Waals surface area contributed by atoms with Gasteiger partial charge in [-0.15, -0.1) is 0 Å². The summed E-state index contributed by atoms with van der Waals surface area (Å²) in [5, 5.41) is 7.72. The van der Waals surface area contributed by atoms with Crippen molar-refractivity contribution < 1.29 is 0 Å².